The van der Waals surface area contributed by atoms with Gasteiger partial charge in [-0.2, -0.15) is 9.40 Å². The minimum atomic E-state index is -3.75. The predicted molar refractivity (Wildman–Crippen MR) is 109 cm³/mol. The van der Waals surface area contributed by atoms with Crippen LogP contribution in [0.15, 0.2) is 23.1 Å². The van der Waals surface area contributed by atoms with E-state index >= 15 is 0 Å². The Kier molecular flexibility index (Phi) is 5.67. The normalized spacial score (nSPS) is 20.2. The van der Waals surface area contributed by atoms with Crippen LogP contribution < -0.4 is 0 Å². The third-order valence-electron chi connectivity index (χ3n) is 5.83. The fraction of sp³-hybridized carbons (Fsp3) is 0.500. The van der Waals surface area contributed by atoms with Crippen molar-refractivity contribution in [1.82, 2.24) is 19.4 Å². The zero-order chi connectivity index (χ0) is 21.5. The van der Waals surface area contributed by atoms with Gasteiger partial charge in [-0.25, -0.2) is 8.42 Å². The van der Waals surface area contributed by atoms with Gasteiger partial charge in [0.1, 0.15) is 4.90 Å². The Labute approximate surface area is 175 Å². The van der Waals surface area contributed by atoms with Crippen LogP contribution in [0.1, 0.15) is 32.9 Å². The lowest BCUT2D eigenvalue weighted by molar-refractivity contribution is -0.0184. The van der Waals surface area contributed by atoms with Gasteiger partial charge < -0.3 is 14.7 Å². The molecule has 1 aromatic heterocycles. The molecule has 0 unspecified atom stereocenters. The maximum Gasteiger partial charge on any atom is 0.254 e. The molecular weight excluding hydrogens is 408 g/mol. The standard InChI is InChI=1S/C20H26N4O5S/c1-13-19(14(2)22-21-13)30(27,28)23-7-6-15-4-3-5-17(18(15)10-23)20(26)24-8-9-29-12-16(24)11-25/h3-5,16,25H,6-12H2,1-2H3,(H,21,22)/t16-/m1/s1. The van der Waals surface area contributed by atoms with Gasteiger partial charge in [0.05, 0.1) is 37.3 Å². The van der Waals surface area contributed by atoms with Crippen molar-refractivity contribution >= 4 is 15.9 Å². The van der Waals surface area contributed by atoms with Crippen LogP contribution in [0.3, 0.4) is 0 Å². The summed E-state index contributed by atoms with van der Waals surface area (Å²) in [5.41, 5.74) is 3.11. The molecule has 2 aliphatic heterocycles. The first-order valence-corrected chi connectivity index (χ1v) is 11.4. The number of aliphatic hydroxyl groups excluding tert-OH is 1. The number of benzene rings is 1. The van der Waals surface area contributed by atoms with Gasteiger partial charge in [0, 0.05) is 25.2 Å². The average Bonchev–Trinajstić information content (AvgIpc) is 3.11. The largest absolute Gasteiger partial charge is 0.394 e. The molecule has 0 bridgehead atoms. The summed E-state index contributed by atoms with van der Waals surface area (Å²) >= 11 is 0. The smallest absolute Gasteiger partial charge is 0.254 e. The Bertz CT molecular complexity index is 1050. The average molecular weight is 435 g/mol. The number of nitrogens with zero attached hydrogens (tertiary/aromatic N) is 3. The van der Waals surface area contributed by atoms with Gasteiger partial charge in [-0.15, -0.1) is 0 Å². The van der Waals surface area contributed by atoms with Gasteiger partial charge in [-0.3, -0.25) is 9.89 Å². The molecule has 3 heterocycles. The van der Waals surface area contributed by atoms with Crippen molar-refractivity contribution in [3.05, 3.63) is 46.3 Å². The van der Waals surface area contributed by atoms with E-state index in [1.54, 1.807) is 24.8 Å². The number of ether oxygens (including phenoxy) is 1. The van der Waals surface area contributed by atoms with E-state index < -0.39 is 16.1 Å². The molecule has 2 aromatic rings. The number of sulfonamides is 1. The van der Waals surface area contributed by atoms with E-state index in [0.717, 1.165) is 11.1 Å². The van der Waals surface area contributed by atoms with Gasteiger partial charge in [0.25, 0.3) is 5.91 Å². The number of carbonyl (C=O) groups excluding carboxylic acids is 1. The number of H-pyrrole nitrogens is 1. The minimum Gasteiger partial charge on any atom is -0.394 e. The fourth-order valence-corrected chi connectivity index (χ4v) is 5.98. The molecule has 2 aliphatic rings. The summed E-state index contributed by atoms with van der Waals surface area (Å²) < 4.78 is 33.4. The highest BCUT2D eigenvalue weighted by molar-refractivity contribution is 7.89. The number of aromatic amines is 1. The van der Waals surface area contributed by atoms with Gasteiger partial charge in [0.2, 0.25) is 10.0 Å². The second kappa shape index (κ2) is 8.10. The van der Waals surface area contributed by atoms with Gasteiger partial charge in [0.15, 0.2) is 0 Å². The van der Waals surface area contributed by atoms with E-state index in [2.05, 4.69) is 10.2 Å². The summed E-state index contributed by atoms with van der Waals surface area (Å²) in [6, 6.07) is 5.10. The Morgan fingerprint density at radius 1 is 1.33 bits per heavy atom. The van der Waals surface area contributed by atoms with Crippen molar-refractivity contribution in [2.24, 2.45) is 0 Å². The van der Waals surface area contributed by atoms with E-state index in [1.807, 2.05) is 12.1 Å². The Balaban J connectivity index is 1.68. The fourth-order valence-electron chi connectivity index (χ4n) is 4.24. The molecule has 10 heteroatoms. The molecule has 0 spiro atoms. The molecule has 0 radical (unpaired) electrons. The molecule has 9 nitrogen and oxygen atoms in total. The molecule has 1 saturated heterocycles. The molecule has 162 valence electrons. The maximum absolute atomic E-state index is 13.3. The number of hydrogen-bond donors (Lipinski definition) is 2. The van der Waals surface area contributed by atoms with Gasteiger partial charge in [-0.1, -0.05) is 12.1 Å². The molecule has 1 fully saturated rings. The zero-order valence-corrected chi connectivity index (χ0v) is 17.9. The molecular formula is C20H26N4O5S. The molecule has 1 aromatic carbocycles. The molecule has 1 atom stereocenters. The van der Waals surface area contributed by atoms with Crippen molar-refractivity contribution in [3.63, 3.8) is 0 Å². The van der Waals surface area contributed by atoms with Crippen LogP contribution in [0.2, 0.25) is 0 Å². The van der Waals surface area contributed by atoms with Gasteiger partial charge in [-0.05, 0) is 37.5 Å². The number of aromatic nitrogens is 2. The van der Waals surface area contributed by atoms with Gasteiger partial charge >= 0.3 is 0 Å². The number of fused-ring (bicyclic) bond motifs is 1. The molecule has 30 heavy (non-hydrogen) atoms. The van der Waals surface area contributed by atoms with Crippen LogP contribution in [-0.2, 0) is 27.7 Å². The summed E-state index contributed by atoms with van der Waals surface area (Å²) in [7, 11) is -3.75. The van der Waals surface area contributed by atoms with Crippen LogP contribution in [0.4, 0.5) is 0 Å². The zero-order valence-electron chi connectivity index (χ0n) is 17.1. The minimum absolute atomic E-state index is 0.123. The highest BCUT2D eigenvalue weighted by Crippen LogP contribution is 2.30. The lowest BCUT2D eigenvalue weighted by Gasteiger charge is -2.36. The topological polar surface area (TPSA) is 116 Å². The van der Waals surface area contributed by atoms with E-state index in [-0.39, 0.29) is 30.6 Å². The number of nitrogens with one attached hydrogen (secondary N) is 1. The summed E-state index contributed by atoms with van der Waals surface area (Å²) in [4.78, 5) is 15.1. The van der Waals surface area contributed by atoms with E-state index in [1.165, 1.54) is 4.31 Å². The number of hydrogen-bond acceptors (Lipinski definition) is 6. The molecule has 4 rings (SSSR count). The summed E-state index contributed by atoms with van der Waals surface area (Å²) in [5, 5.41) is 16.4. The first kappa shape index (κ1) is 21.0. The van der Waals surface area contributed by atoms with E-state index in [4.69, 9.17) is 4.74 Å². The van der Waals surface area contributed by atoms with Crippen molar-refractivity contribution in [1.29, 1.82) is 0 Å². The summed E-state index contributed by atoms with van der Waals surface area (Å²) in [6.07, 6.45) is 0.526. The first-order chi connectivity index (χ1) is 14.3. The lowest BCUT2D eigenvalue weighted by Crippen LogP contribution is -2.51. The summed E-state index contributed by atoms with van der Waals surface area (Å²) in [5.74, 6) is -0.205. The Hall–Kier alpha value is -2.27. The SMILES string of the molecule is Cc1n[nH]c(C)c1S(=O)(=O)N1CCc2cccc(C(=O)N3CCOC[C@H]3CO)c2C1. The van der Waals surface area contributed by atoms with Crippen LogP contribution in [0.5, 0.6) is 0 Å². The van der Waals surface area contributed by atoms with Crippen molar-refractivity contribution in [2.75, 3.05) is 32.9 Å². The van der Waals surface area contributed by atoms with Crippen molar-refractivity contribution < 1.29 is 23.1 Å². The lowest BCUT2D eigenvalue weighted by atomic mass is 9.95. The van der Waals surface area contributed by atoms with Crippen LogP contribution in [0.25, 0.3) is 0 Å². The number of carbonyl (C=O) groups is 1. The molecule has 2 N–H and O–H groups in total. The number of amides is 1. The Morgan fingerprint density at radius 3 is 2.83 bits per heavy atom. The number of morpholine rings is 1. The highest BCUT2D eigenvalue weighted by atomic mass is 32.2. The second-order valence-electron chi connectivity index (χ2n) is 7.70. The van der Waals surface area contributed by atoms with Crippen molar-refractivity contribution in [2.45, 2.75) is 37.8 Å². The van der Waals surface area contributed by atoms with Crippen LogP contribution in [0, 0.1) is 13.8 Å². The number of aliphatic hydroxyl groups is 1. The second-order valence-corrected chi connectivity index (χ2v) is 9.58. The number of rotatable bonds is 4. The first-order valence-electron chi connectivity index (χ1n) is 9.96. The van der Waals surface area contributed by atoms with E-state index in [0.29, 0.717) is 43.1 Å². The maximum atomic E-state index is 13.3. The third-order valence-corrected chi connectivity index (χ3v) is 7.94. The Morgan fingerprint density at radius 2 is 2.13 bits per heavy atom. The molecule has 1 amide bonds. The van der Waals surface area contributed by atoms with E-state index in [9.17, 15) is 18.3 Å². The quantitative estimate of drug-likeness (QED) is 0.728. The monoisotopic (exact) mass is 434 g/mol. The van der Waals surface area contributed by atoms with Crippen LogP contribution in [-0.4, -0.2) is 77.8 Å². The predicted octanol–water partition coefficient (Wildman–Crippen LogP) is 0.607. The van der Waals surface area contributed by atoms with Crippen molar-refractivity contribution in [3.8, 4) is 0 Å². The third kappa shape index (κ3) is 3.53. The molecule has 0 aliphatic carbocycles. The highest BCUT2D eigenvalue weighted by Gasteiger charge is 2.35. The number of aryl methyl sites for hydroxylation is 2. The summed E-state index contributed by atoms with van der Waals surface area (Å²) in [6.45, 7) is 4.73. The molecule has 0 saturated carbocycles. The van der Waals surface area contributed by atoms with Crippen LogP contribution >= 0.6 is 0 Å².